The highest BCUT2D eigenvalue weighted by atomic mass is 16.2. The van der Waals surface area contributed by atoms with E-state index in [0.29, 0.717) is 0 Å². The van der Waals surface area contributed by atoms with Crippen molar-refractivity contribution in [2.24, 2.45) is 9.98 Å². The first-order valence-corrected chi connectivity index (χ1v) is 3.12. The number of aromatic amines is 2. The van der Waals surface area contributed by atoms with Crippen molar-refractivity contribution in [2.45, 2.75) is 0 Å². The predicted octanol–water partition coefficient (Wildman–Crippen LogP) is -0.0354. The van der Waals surface area contributed by atoms with Gasteiger partial charge in [-0.3, -0.25) is 0 Å². The molecule has 0 fully saturated rings. The molecule has 1 aliphatic rings. The molecule has 0 bridgehead atoms. The number of imidazole rings is 1. The molecule has 2 heterocycles. The molecule has 0 saturated heterocycles. The summed E-state index contributed by atoms with van der Waals surface area (Å²) < 4.78 is 0. The van der Waals surface area contributed by atoms with Crippen molar-refractivity contribution in [1.29, 1.82) is 0 Å². The SMILES string of the molecule is O=C1N=CC=N1.O=c1[nH]cc[nH]1. The number of urea groups is 1. The van der Waals surface area contributed by atoms with Crippen LogP contribution in [-0.4, -0.2) is 28.4 Å². The topological polar surface area (TPSA) is 90.4 Å². The Kier molecular flexibility index (Phi) is 2.72. The first kappa shape index (κ1) is 8.12. The van der Waals surface area contributed by atoms with E-state index in [1.54, 1.807) is 12.4 Å². The van der Waals surface area contributed by atoms with Gasteiger partial charge in [0.25, 0.3) is 0 Å². The van der Waals surface area contributed by atoms with E-state index >= 15 is 0 Å². The maximum Gasteiger partial charge on any atom is 0.367 e. The lowest BCUT2D eigenvalue weighted by Crippen LogP contribution is -1.98. The Balaban J connectivity index is 0.000000120. The second kappa shape index (κ2) is 4.02. The largest absolute Gasteiger partial charge is 0.367 e. The maximum absolute atomic E-state index is 9.96. The molecule has 0 radical (unpaired) electrons. The minimum atomic E-state index is -0.407. The number of carbonyl (C=O) groups excluding carboxylic acids is 1. The van der Waals surface area contributed by atoms with E-state index in [0.717, 1.165) is 0 Å². The second-order valence-corrected chi connectivity index (χ2v) is 1.79. The number of amides is 2. The predicted molar refractivity (Wildman–Crippen MR) is 43.8 cm³/mol. The van der Waals surface area contributed by atoms with Crippen LogP contribution in [0.1, 0.15) is 0 Å². The van der Waals surface area contributed by atoms with E-state index in [-0.39, 0.29) is 5.69 Å². The summed E-state index contributed by atoms with van der Waals surface area (Å²) in [5.41, 5.74) is -0.157. The molecule has 12 heavy (non-hydrogen) atoms. The third-order valence-corrected chi connectivity index (χ3v) is 0.949. The number of H-pyrrole nitrogens is 2. The minimum Gasteiger partial charge on any atom is -0.313 e. The third kappa shape index (κ3) is 2.74. The van der Waals surface area contributed by atoms with Gasteiger partial charge in [-0.15, -0.1) is 0 Å². The summed E-state index contributed by atoms with van der Waals surface area (Å²) in [6.45, 7) is 0. The van der Waals surface area contributed by atoms with Gasteiger partial charge in [0.1, 0.15) is 0 Å². The van der Waals surface area contributed by atoms with Gasteiger partial charge in [0, 0.05) is 12.4 Å². The Morgan fingerprint density at radius 2 is 1.50 bits per heavy atom. The molecule has 0 aromatic carbocycles. The molecule has 6 nitrogen and oxygen atoms in total. The minimum absolute atomic E-state index is 0.157. The zero-order valence-corrected chi connectivity index (χ0v) is 6.02. The average molecular weight is 166 g/mol. The molecule has 6 heteroatoms. The fourth-order valence-electron chi connectivity index (χ4n) is 0.504. The van der Waals surface area contributed by atoms with Crippen molar-refractivity contribution >= 4 is 18.5 Å². The van der Waals surface area contributed by atoms with E-state index in [1.165, 1.54) is 12.4 Å². The summed E-state index contributed by atoms with van der Waals surface area (Å²) in [5.74, 6) is 0. The summed E-state index contributed by atoms with van der Waals surface area (Å²) in [4.78, 5) is 31.1. The molecule has 2 amide bonds. The number of rotatable bonds is 0. The fourth-order valence-corrected chi connectivity index (χ4v) is 0.504. The molecular formula is C6H6N4O2. The van der Waals surface area contributed by atoms with Gasteiger partial charge >= 0.3 is 11.7 Å². The molecule has 62 valence electrons. The van der Waals surface area contributed by atoms with Gasteiger partial charge in [0.2, 0.25) is 0 Å². The second-order valence-electron chi connectivity index (χ2n) is 1.79. The van der Waals surface area contributed by atoms with Gasteiger partial charge < -0.3 is 9.97 Å². The Morgan fingerprint density at radius 3 is 1.67 bits per heavy atom. The zero-order valence-electron chi connectivity index (χ0n) is 6.02. The number of hydrogen-bond acceptors (Lipinski definition) is 2. The van der Waals surface area contributed by atoms with Crippen LogP contribution in [0.4, 0.5) is 4.79 Å². The highest BCUT2D eigenvalue weighted by molar-refractivity contribution is 6.25. The molecule has 1 aromatic rings. The normalized spacial score (nSPS) is 12.8. The molecular weight excluding hydrogens is 160 g/mol. The van der Waals surface area contributed by atoms with Gasteiger partial charge in [0.05, 0.1) is 12.4 Å². The van der Waals surface area contributed by atoms with E-state index in [1.807, 2.05) is 0 Å². The van der Waals surface area contributed by atoms with E-state index in [9.17, 15) is 9.59 Å². The lowest BCUT2D eigenvalue weighted by atomic mass is 10.9. The van der Waals surface area contributed by atoms with Crippen LogP contribution in [-0.2, 0) is 0 Å². The number of nitrogens with zero attached hydrogens (tertiary/aromatic N) is 2. The summed E-state index contributed by atoms with van der Waals surface area (Å²) in [7, 11) is 0. The first-order valence-electron chi connectivity index (χ1n) is 3.12. The molecule has 0 unspecified atom stereocenters. The third-order valence-electron chi connectivity index (χ3n) is 0.949. The van der Waals surface area contributed by atoms with Crippen LogP contribution < -0.4 is 5.69 Å². The van der Waals surface area contributed by atoms with Gasteiger partial charge in [-0.25, -0.2) is 9.59 Å². The Bertz CT molecular complexity index is 329. The quantitative estimate of drug-likeness (QED) is 0.566. The smallest absolute Gasteiger partial charge is 0.313 e. The lowest BCUT2D eigenvalue weighted by Gasteiger charge is -1.62. The van der Waals surface area contributed by atoms with Gasteiger partial charge in [0.15, 0.2) is 0 Å². The Labute approximate surface area is 67.1 Å². The number of hydrogen-bond donors (Lipinski definition) is 2. The molecule has 0 spiro atoms. The van der Waals surface area contributed by atoms with E-state index in [4.69, 9.17) is 0 Å². The van der Waals surface area contributed by atoms with Crippen molar-refractivity contribution in [3.63, 3.8) is 0 Å². The number of nitrogens with one attached hydrogen (secondary N) is 2. The van der Waals surface area contributed by atoms with Crippen molar-refractivity contribution in [2.75, 3.05) is 0 Å². The van der Waals surface area contributed by atoms with E-state index < -0.39 is 6.03 Å². The van der Waals surface area contributed by atoms with Crippen LogP contribution in [0.15, 0.2) is 27.2 Å². The standard InChI is InChI=1S/C3H4N2O.C3H2N2O/c2*6-3-4-1-2-5-3/h1-2H,(H2,4,5,6);1-2H. The van der Waals surface area contributed by atoms with Crippen LogP contribution in [0.2, 0.25) is 0 Å². The summed E-state index contributed by atoms with van der Waals surface area (Å²) in [6.07, 6.45) is 5.81. The molecule has 1 aliphatic heterocycles. The Morgan fingerprint density at radius 1 is 1.00 bits per heavy atom. The Hall–Kier alpha value is -1.98. The number of aromatic nitrogens is 2. The van der Waals surface area contributed by atoms with Crippen LogP contribution in [0.5, 0.6) is 0 Å². The first-order chi connectivity index (χ1) is 5.79. The molecule has 0 atom stereocenters. The van der Waals surface area contributed by atoms with Crippen LogP contribution >= 0.6 is 0 Å². The molecule has 2 rings (SSSR count). The highest BCUT2D eigenvalue weighted by Gasteiger charge is 1.91. The summed E-state index contributed by atoms with van der Waals surface area (Å²) >= 11 is 0. The molecule has 0 aliphatic carbocycles. The van der Waals surface area contributed by atoms with Crippen LogP contribution in [0, 0.1) is 0 Å². The maximum atomic E-state index is 9.96. The molecule has 1 aromatic heterocycles. The monoisotopic (exact) mass is 166 g/mol. The lowest BCUT2D eigenvalue weighted by molar-refractivity contribution is 0.257. The van der Waals surface area contributed by atoms with Crippen LogP contribution in [0.25, 0.3) is 0 Å². The highest BCUT2D eigenvalue weighted by Crippen LogP contribution is 1.81. The van der Waals surface area contributed by atoms with Crippen molar-refractivity contribution in [3.8, 4) is 0 Å². The van der Waals surface area contributed by atoms with Crippen molar-refractivity contribution in [1.82, 2.24) is 9.97 Å². The fraction of sp³-hybridized carbons (Fsp3) is 0. The number of aliphatic imine (C=N–C) groups is 2. The molecule has 0 saturated carbocycles. The summed E-state index contributed by atoms with van der Waals surface area (Å²) in [5, 5.41) is 0. The van der Waals surface area contributed by atoms with Gasteiger partial charge in [-0.1, -0.05) is 0 Å². The van der Waals surface area contributed by atoms with Gasteiger partial charge in [-0.2, -0.15) is 9.98 Å². The van der Waals surface area contributed by atoms with E-state index in [2.05, 4.69) is 20.0 Å². The van der Waals surface area contributed by atoms with Crippen LogP contribution in [0.3, 0.4) is 0 Å². The van der Waals surface area contributed by atoms with Gasteiger partial charge in [-0.05, 0) is 0 Å². The average Bonchev–Trinajstić information content (AvgIpc) is 2.63. The van der Waals surface area contributed by atoms with Crippen molar-refractivity contribution in [3.05, 3.63) is 22.9 Å². The number of carbonyl (C=O) groups is 1. The zero-order chi connectivity index (χ0) is 8.81. The molecule has 2 N–H and O–H groups in total. The van der Waals surface area contributed by atoms with Crippen molar-refractivity contribution < 1.29 is 4.79 Å². The summed E-state index contributed by atoms with van der Waals surface area (Å²) in [6, 6.07) is -0.407.